The van der Waals surface area contributed by atoms with Crippen LogP contribution in [0.25, 0.3) is 0 Å². The zero-order valence-electron chi connectivity index (χ0n) is 12.5. The lowest BCUT2D eigenvalue weighted by atomic mass is 10.1. The molecule has 1 aromatic rings. The normalized spacial score (nSPS) is 17.8. The summed E-state index contributed by atoms with van der Waals surface area (Å²) in [6.45, 7) is 7.77. The van der Waals surface area contributed by atoms with Crippen LogP contribution in [-0.4, -0.2) is 40.5 Å². The molecule has 112 valence electrons. The lowest BCUT2D eigenvalue weighted by molar-refractivity contribution is 0.223. The molecule has 1 aromatic heterocycles. The molecule has 0 aromatic carbocycles. The number of anilines is 2. The quantitative estimate of drug-likeness (QED) is 0.542. The van der Waals surface area contributed by atoms with E-state index in [4.69, 9.17) is 5.84 Å². The van der Waals surface area contributed by atoms with Gasteiger partial charge in [-0.2, -0.15) is 0 Å². The monoisotopic (exact) mass is 278 g/mol. The molecule has 1 fully saturated rings. The molecule has 1 atom stereocenters. The second-order valence-corrected chi connectivity index (χ2v) is 5.45. The van der Waals surface area contributed by atoms with Crippen LogP contribution >= 0.6 is 0 Å². The number of piperidine rings is 1. The average molecular weight is 278 g/mol. The van der Waals surface area contributed by atoms with Gasteiger partial charge in [0.2, 0.25) is 0 Å². The van der Waals surface area contributed by atoms with Gasteiger partial charge in [-0.1, -0.05) is 13.3 Å². The van der Waals surface area contributed by atoms with Gasteiger partial charge < -0.3 is 15.6 Å². The van der Waals surface area contributed by atoms with E-state index in [1.54, 1.807) is 6.33 Å². The number of aromatic nitrogens is 2. The summed E-state index contributed by atoms with van der Waals surface area (Å²) in [5, 5.41) is 3.50. The van der Waals surface area contributed by atoms with Crippen molar-refractivity contribution in [1.82, 2.24) is 14.9 Å². The number of hydrogen-bond donors (Lipinski definition) is 3. The number of hydrogen-bond acceptors (Lipinski definition) is 6. The first-order chi connectivity index (χ1) is 9.74. The van der Waals surface area contributed by atoms with Crippen molar-refractivity contribution in [2.45, 2.75) is 45.6 Å². The standard InChI is InChI=1S/C14H26N6/c1-3-12-13(16-10-17-14(12)19-15)18-11(2)9-20-7-5-4-6-8-20/h10-11H,3-9,15H2,1-2H3,(H2,16,17,18,19). The Morgan fingerprint density at radius 2 is 1.95 bits per heavy atom. The Hall–Kier alpha value is -1.40. The molecule has 0 amide bonds. The highest BCUT2D eigenvalue weighted by Crippen LogP contribution is 2.20. The molecule has 2 heterocycles. The van der Waals surface area contributed by atoms with Crippen molar-refractivity contribution in [2.75, 3.05) is 30.4 Å². The van der Waals surface area contributed by atoms with Gasteiger partial charge in [-0.15, -0.1) is 0 Å². The number of likely N-dealkylation sites (tertiary alicyclic amines) is 1. The highest BCUT2D eigenvalue weighted by Gasteiger charge is 2.15. The summed E-state index contributed by atoms with van der Waals surface area (Å²) in [4.78, 5) is 11.0. The first kappa shape index (κ1) is 15.0. The fourth-order valence-electron chi connectivity index (χ4n) is 2.80. The van der Waals surface area contributed by atoms with Crippen LogP contribution in [0.3, 0.4) is 0 Å². The number of rotatable bonds is 6. The summed E-state index contributed by atoms with van der Waals surface area (Å²) < 4.78 is 0. The first-order valence-electron chi connectivity index (χ1n) is 7.54. The van der Waals surface area contributed by atoms with Crippen LogP contribution in [-0.2, 0) is 6.42 Å². The fourth-order valence-corrected chi connectivity index (χ4v) is 2.80. The number of nitrogens with zero attached hydrogens (tertiary/aromatic N) is 3. The predicted octanol–water partition coefficient (Wildman–Crippen LogP) is 1.61. The molecule has 1 saturated heterocycles. The minimum absolute atomic E-state index is 0.360. The van der Waals surface area contributed by atoms with E-state index in [1.165, 1.54) is 32.4 Å². The SMILES string of the molecule is CCc1c(NN)ncnc1NC(C)CN1CCCCC1. The second kappa shape index (κ2) is 7.40. The molecule has 1 aliphatic heterocycles. The van der Waals surface area contributed by atoms with Crippen molar-refractivity contribution in [3.63, 3.8) is 0 Å². The molecule has 2 rings (SSSR count). The molecule has 6 nitrogen and oxygen atoms in total. The molecule has 0 aliphatic carbocycles. The molecule has 0 saturated carbocycles. The molecule has 0 bridgehead atoms. The average Bonchev–Trinajstić information content (AvgIpc) is 2.47. The Labute approximate surface area is 121 Å². The molecule has 6 heteroatoms. The van der Waals surface area contributed by atoms with E-state index in [0.29, 0.717) is 11.9 Å². The minimum Gasteiger partial charge on any atom is -0.366 e. The van der Waals surface area contributed by atoms with Gasteiger partial charge in [0.15, 0.2) is 0 Å². The van der Waals surface area contributed by atoms with Crippen molar-refractivity contribution in [2.24, 2.45) is 5.84 Å². The van der Waals surface area contributed by atoms with Gasteiger partial charge >= 0.3 is 0 Å². The summed E-state index contributed by atoms with van der Waals surface area (Å²) in [6.07, 6.45) is 6.41. The second-order valence-electron chi connectivity index (χ2n) is 5.45. The van der Waals surface area contributed by atoms with E-state index in [9.17, 15) is 0 Å². The van der Waals surface area contributed by atoms with Crippen LogP contribution in [0.4, 0.5) is 11.6 Å². The smallest absolute Gasteiger partial charge is 0.148 e. The van der Waals surface area contributed by atoms with Crippen molar-refractivity contribution in [3.8, 4) is 0 Å². The van der Waals surface area contributed by atoms with E-state index >= 15 is 0 Å². The Kier molecular flexibility index (Phi) is 5.55. The maximum Gasteiger partial charge on any atom is 0.148 e. The van der Waals surface area contributed by atoms with E-state index in [2.05, 4.69) is 39.5 Å². The molecule has 1 aliphatic rings. The summed E-state index contributed by atoms with van der Waals surface area (Å²) in [5.41, 5.74) is 3.68. The Bertz CT molecular complexity index is 416. The van der Waals surface area contributed by atoms with E-state index < -0.39 is 0 Å². The number of nitrogens with two attached hydrogens (primary N) is 1. The van der Waals surface area contributed by atoms with Gasteiger partial charge in [-0.3, -0.25) is 0 Å². The lowest BCUT2D eigenvalue weighted by Gasteiger charge is -2.29. The lowest BCUT2D eigenvalue weighted by Crippen LogP contribution is -2.38. The van der Waals surface area contributed by atoms with Gasteiger partial charge in [-0.25, -0.2) is 15.8 Å². The number of nitrogens with one attached hydrogen (secondary N) is 2. The van der Waals surface area contributed by atoms with Crippen molar-refractivity contribution < 1.29 is 0 Å². The summed E-state index contributed by atoms with van der Waals surface area (Å²) in [5.74, 6) is 7.09. The van der Waals surface area contributed by atoms with Gasteiger partial charge in [0.05, 0.1) is 0 Å². The van der Waals surface area contributed by atoms with Gasteiger partial charge in [0.1, 0.15) is 18.0 Å². The third kappa shape index (κ3) is 3.80. The summed E-state index contributed by atoms with van der Waals surface area (Å²) in [6, 6.07) is 0.360. The first-order valence-corrected chi connectivity index (χ1v) is 7.54. The third-order valence-corrected chi connectivity index (χ3v) is 3.80. The zero-order chi connectivity index (χ0) is 14.4. The molecule has 20 heavy (non-hydrogen) atoms. The Balaban J connectivity index is 1.97. The number of nitrogen functional groups attached to an aromatic ring is 1. The molecule has 4 N–H and O–H groups in total. The Morgan fingerprint density at radius 3 is 2.60 bits per heavy atom. The van der Waals surface area contributed by atoms with E-state index in [-0.39, 0.29) is 0 Å². The molecular formula is C14H26N6. The third-order valence-electron chi connectivity index (χ3n) is 3.80. The van der Waals surface area contributed by atoms with Crippen LogP contribution in [0.15, 0.2) is 6.33 Å². The van der Waals surface area contributed by atoms with Gasteiger partial charge in [0, 0.05) is 18.2 Å². The van der Waals surface area contributed by atoms with Crippen molar-refractivity contribution in [3.05, 3.63) is 11.9 Å². The predicted molar refractivity (Wildman–Crippen MR) is 82.6 cm³/mol. The maximum atomic E-state index is 5.50. The van der Waals surface area contributed by atoms with Gasteiger partial charge in [0.25, 0.3) is 0 Å². The molecular weight excluding hydrogens is 252 g/mol. The van der Waals surface area contributed by atoms with Crippen LogP contribution < -0.4 is 16.6 Å². The Morgan fingerprint density at radius 1 is 1.25 bits per heavy atom. The van der Waals surface area contributed by atoms with Crippen LogP contribution in [0.1, 0.15) is 38.7 Å². The number of hydrazine groups is 1. The highest BCUT2D eigenvalue weighted by atomic mass is 15.3. The van der Waals surface area contributed by atoms with Crippen molar-refractivity contribution >= 4 is 11.6 Å². The topological polar surface area (TPSA) is 79.1 Å². The largest absolute Gasteiger partial charge is 0.366 e. The molecule has 0 spiro atoms. The van der Waals surface area contributed by atoms with Gasteiger partial charge in [-0.05, 0) is 39.3 Å². The fraction of sp³-hybridized carbons (Fsp3) is 0.714. The van der Waals surface area contributed by atoms with Crippen LogP contribution in [0.5, 0.6) is 0 Å². The van der Waals surface area contributed by atoms with E-state index in [1.807, 2.05) is 0 Å². The minimum atomic E-state index is 0.360. The molecule has 0 radical (unpaired) electrons. The summed E-state index contributed by atoms with van der Waals surface area (Å²) in [7, 11) is 0. The highest BCUT2D eigenvalue weighted by molar-refractivity contribution is 5.57. The summed E-state index contributed by atoms with van der Waals surface area (Å²) >= 11 is 0. The van der Waals surface area contributed by atoms with Crippen LogP contribution in [0, 0.1) is 0 Å². The zero-order valence-corrected chi connectivity index (χ0v) is 12.5. The van der Waals surface area contributed by atoms with Crippen LogP contribution in [0.2, 0.25) is 0 Å². The maximum absolute atomic E-state index is 5.50. The van der Waals surface area contributed by atoms with Crippen molar-refractivity contribution in [1.29, 1.82) is 0 Å². The molecule has 1 unspecified atom stereocenters. The van der Waals surface area contributed by atoms with E-state index in [0.717, 1.165) is 24.3 Å².